The predicted molar refractivity (Wildman–Crippen MR) is 80.7 cm³/mol. The summed E-state index contributed by atoms with van der Waals surface area (Å²) >= 11 is 0. The van der Waals surface area contributed by atoms with Gasteiger partial charge in [0, 0.05) is 6.61 Å². The van der Waals surface area contributed by atoms with E-state index in [4.69, 9.17) is 9.47 Å². The minimum Gasteiger partial charge on any atom is -0.465 e. The summed E-state index contributed by atoms with van der Waals surface area (Å²) in [6.45, 7) is 7.18. The first kappa shape index (κ1) is 17.4. The molecule has 3 atom stereocenters. The van der Waals surface area contributed by atoms with E-state index in [1.54, 1.807) is 7.05 Å². The molecule has 4 nitrogen and oxygen atoms in total. The van der Waals surface area contributed by atoms with Gasteiger partial charge in [-0.2, -0.15) is 0 Å². The second kappa shape index (κ2) is 8.63. The van der Waals surface area contributed by atoms with Crippen LogP contribution in [0.2, 0.25) is 0 Å². The number of ether oxygens (including phenoxy) is 2. The Labute approximate surface area is 123 Å². The van der Waals surface area contributed by atoms with Crippen molar-refractivity contribution in [2.24, 2.45) is 5.92 Å². The maximum atomic E-state index is 11.9. The van der Waals surface area contributed by atoms with Gasteiger partial charge in [-0.25, -0.2) is 0 Å². The summed E-state index contributed by atoms with van der Waals surface area (Å²) in [4.78, 5) is 11.9. The summed E-state index contributed by atoms with van der Waals surface area (Å²) in [5, 5.41) is 3.08. The summed E-state index contributed by atoms with van der Waals surface area (Å²) in [5.41, 5.74) is -0.598. The van der Waals surface area contributed by atoms with E-state index >= 15 is 0 Å². The molecule has 0 radical (unpaired) electrons. The fourth-order valence-corrected chi connectivity index (χ4v) is 2.83. The van der Waals surface area contributed by atoms with Crippen molar-refractivity contribution in [2.45, 2.75) is 70.9 Å². The quantitative estimate of drug-likeness (QED) is 0.550. The zero-order chi connectivity index (χ0) is 15.0. The summed E-state index contributed by atoms with van der Waals surface area (Å²) < 4.78 is 11.1. The third kappa shape index (κ3) is 5.41. The fraction of sp³-hybridized carbons (Fsp3) is 0.938. The van der Waals surface area contributed by atoms with Gasteiger partial charge in [0.1, 0.15) is 5.54 Å². The van der Waals surface area contributed by atoms with Gasteiger partial charge >= 0.3 is 5.97 Å². The number of hydrogen-bond donors (Lipinski definition) is 1. The Bertz CT molecular complexity index is 295. The molecule has 4 heteroatoms. The van der Waals surface area contributed by atoms with Crippen molar-refractivity contribution in [3.8, 4) is 0 Å². The molecule has 0 amide bonds. The molecule has 0 saturated heterocycles. The smallest absolute Gasteiger partial charge is 0.326 e. The summed E-state index contributed by atoms with van der Waals surface area (Å²) in [6, 6.07) is 0. The molecule has 0 spiro atoms. The molecule has 1 saturated carbocycles. The van der Waals surface area contributed by atoms with Crippen LogP contribution in [0.1, 0.15) is 59.3 Å². The molecule has 3 unspecified atom stereocenters. The first-order valence-corrected chi connectivity index (χ1v) is 7.99. The molecule has 0 aromatic rings. The van der Waals surface area contributed by atoms with Crippen LogP contribution in [0.25, 0.3) is 0 Å². The molecule has 1 N–H and O–H groups in total. The van der Waals surface area contributed by atoms with Gasteiger partial charge in [0.15, 0.2) is 0 Å². The Morgan fingerprint density at radius 2 is 2.15 bits per heavy atom. The normalized spacial score (nSPS) is 26.0. The van der Waals surface area contributed by atoms with Crippen molar-refractivity contribution in [1.82, 2.24) is 5.32 Å². The minimum atomic E-state index is -0.598. The lowest BCUT2D eigenvalue weighted by molar-refractivity contribution is -0.150. The molecule has 0 aliphatic heterocycles. The Kier molecular flexibility index (Phi) is 7.52. The van der Waals surface area contributed by atoms with E-state index < -0.39 is 5.54 Å². The summed E-state index contributed by atoms with van der Waals surface area (Å²) in [7, 11) is 1.81. The van der Waals surface area contributed by atoms with Crippen LogP contribution in [0.4, 0.5) is 0 Å². The highest BCUT2D eigenvalue weighted by molar-refractivity contribution is 5.80. The van der Waals surface area contributed by atoms with Gasteiger partial charge in [-0.3, -0.25) is 4.79 Å². The SMILES string of the molecule is CCOC(=O)C(C)(CCCOC1CCCC(C)C1)NC. The van der Waals surface area contributed by atoms with Crippen LogP contribution in [-0.4, -0.2) is 37.9 Å². The molecule has 1 fully saturated rings. The van der Waals surface area contributed by atoms with Gasteiger partial charge < -0.3 is 14.8 Å². The van der Waals surface area contributed by atoms with Crippen molar-refractivity contribution in [3.63, 3.8) is 0 Å². The predicted octanol–water partition coefficient (Wildman–Crippen LogP) is 2.90. The van der Waals surface area contributed by atoms with E-state index in [0.717, 1.165) is 25.4 Å². The third-order valence-corrected chi connectivity index (χ3v) is 4.34. The van der Waals surface area contributed by atoms with Gasteiger partial charge in [-0.15, -0.1) is 0 Å². The van der Waals surface area contributed by atoms with E-state index in [-0.39, 0.29) is 5.97 Å². The molecule has 1 aliphatic carbocycles. The maximum absolute atomic E-state index is 11.9. The van der Waals surface area contributed by atoms with Crippen LogP contribution < -0.4 is 5.32 Å². The van der Waals surface area contributed by atoms with Crippen LogP contribution >= 0.6 is 0 Å². The van der Waals surface area contributed by atoms with Gasteiger partial charge in [0.25, 0.3) is 0 Å². The molecule has 0 aromatic carbocycles. The summed E-state index contributed by atoms with van der Waals surface area (Å²) in [6.07, 6.45) is 7.02. The first-order chi connectivity index (χ1) is 9.51. The minimum absolute atomic E-state index is 0.172. The zero-order valence-corrected chi connectivity index (χ0v) is 13.5. The van der Waals surface area contributed by atoms with Gasteiger partial charge in [0.05, 0.1) is 12.7 Å². The Hall–Kier alpha value is -0.610. The Balaban J connectivity index is 2.25. The van der Waals surface area contributed by atoms with Crippen LogP contribution in [0.5, 0.6) is 0 Å². The van der Waals surface area contributed by atoms with Gasteiger partial charge in [-0.1, -0.05) is 19.8 Å². The fourth-order valence-electron chi connectivity index (χ4n) is 2.83. The zero-order valence-electron chi connectivity index (χ0n) is 13.5. The number of likely N-dealkylation sites (N-methyl/N-ethyl adjacent to an activating group) is 1. The highest BCUT2D eigenvalue weighted by atomic mass is 16.5. The van der Waals surface area contributed by atoms with E-state index in [2.05, 4.69) is 12.2 Å². The van der Waals surface area contributed by atoms with Crippen molar-refractivity contribution < 1.29 is 14.3 Å². The van der Waals surface area contributed by atoms with E-state index in [1.807, 2.05) is 13.8 Å². The van der Waals surface area contributed by atoms with Crippen LogP contribution in [0.3, 0.4) is 0 Å². The first-order valence-electron chi connectivity index (χ1n) is 7.99. The number of carbonyl (C=O) groups excluding carboxylic acids is 1. The van der Waals surface area contributed by atoms with Crippen LogP contribution in [-0.2, 0) is 14.3 Å². The molecule has 20 heavy (non-hydrogen) atoms. The lowest BCUT2D eigenvalue weighted by Crippen LogP contribution is -2.48. The number of nitrogens with one attached hydrogen (secondary N) is 1. The molecule has 0 bridgehead atoms. The van der Waals surface area contributed by atoms with Crippen LogP contribution in [0.15, 0.2) is 0 Å². The maximum Gasteiger partial charge on any atom is 0.326 e. The average molecular weight is 285 g/mol. The molecule has 1 aliphatic rings. The molecular formula is C16H31NO3. The van der Waals surface area contributed by atoms with Gasteiger partial charge in [-0.05, 0) is 52.5 Å². The number of hydrogen-bond acceptors (Lipinski definition) is 4. The van der Waals surface area contributed by atoms with E-state index in [0.29, 0.717) is 12.7 Å². The lowest BCUT2D eigenvalue weighted by atomic mass is 9.88. The highest BCUT2D eigenvalue weighted by Gasteiger charge is 2.32. The van der Waals surface area contributed by atoms with E-state index in [1.165, 1.54) is 25.7 Å². The van der Waals surface area contributed by atoms with Gasteiger partial charge in [0.2, 0.25) is 0 Å². The van der Waals surface area contributed by atoms with Crippen molar-refractivity contribution in [1.29, 1.82) is 0 Å². The van der Waals surface area contributed by atoms with E-state index in [9.17, 15) is 4.79 Å². The average Bonchev–Trinajstić information content (AvgIpc) is 2.43. The largest absolute Gasteiger partial charge is 0.465 e. The molecule has 118 valence electrons. The molecule has 0 heterocycles. The second-order valence-corrected chi connectivity index (χ2v) is 6.17. The Morgan fingerprint density at radius 1 is 1.40 bits per heavy atom. The lowest BCUT2D eigenvalue weighted by Gasteiger charge is -2.29. The van der Waals surface area contributed by atoms with Crippen molar-refractivity contribution >= 4 is 5.97 Å². The molecule has 1 rings (SSSR count). The number of carbonyl (C=O) groups is 1. The van der Waals surface area contributed by atoms with Crippen LogP contribution in [0, 0.1) is 5.92 Å². The Morgan fingerprint density at radius 3 is 2.75 bits per heavy atom. The number of esters is 1. The summed E-state index contributed by atoms with van der Waals surface area (Å²) in [5.74, 6) is 0.615. The third-order valence-electron chi connectivity index (χ3n) is 4.34. The molecule has 0 aromatic heterocycles. The second-order valence-electron chi connectivity index (χ2n) is 6.17. The topological polar surface area (TPSA) is 47.6 Å². The van der Waals surface area contributed by atoms with Crippen molar-refractivity contribution in [3.05, 3.63) is 0 Å². The van der Waals surface area contributed by atoms with Crippen molar-refractivity contribution in [2.75, 3.05) is 20.3 Å². The monoisotopic (exact) mass is 285 g/mol. The number of rotatable bonds is 8. The molecular weight excluding hydrogens is 254 g/mol. The highest BCUT2D eigenvalue weighted by Crippen LogP contribution is 2.26. The standard InChI is InChI=1S/C16H31NO3/c1-5-19-15(18)16(3,17-4)10-7-11-20-14-9-6-8-13(2)12-14/h13-14,17H,5-12H2,1-4H3.